The van der Waals surface area contributed by atoms with Gasteiger partial charge >= 0.3 is 0 Å². The first-order valence-corrected chi connectivity index (χ1v) is 7.73. The van der Waals surface area contributed by atoms with Crippen molar-refractivity contribution in [1.82, 2.24) is 20.1 Å². The maximum atomic E-state index is 6.28. The van der Waals surface area contributed by atoms with Gasteiger partial charge in [-0.25, -0.2) is 9.67 Å². The van der Waals surface area contributed by atoms with Gasteiger partial charge in [-0.2, -0.15) is 5.10 Å². The summed E-state index contributed by atoms with van der Waals surface area (Å²) < 4.78 is 1.86. The number of hydrogen-bond donors (Lipinski definition) is 1. The molecule has 0 radical (unpaired) electrons. The fourth-order valence-electron chi connectivity index (χ4n) is 2.46. The molecule has 5 heteroatoms. The van der Waals surface area contributed by atoms with Crippen LogP contribution in [0.15, 0.2) is 6.07 Å². The summed E-state index contributed by atoms with van der Waals surface area (Å²) in [6.45, 7) is 12.0. The van der Waals surface area contributed by atoms with Crippen LogP contribution in [-0.2, 0) is 6.54 Å². The Kier molecular flexibility index (Phi) is 5.01. The Balaban J connectivity index is 2.52. The Labute approximate surface area is 131 Å². The van der Waals surface area contributed by atoms with Crippen molar-refractivity contribution >= 4 is 11.6 Å². The Hall–Kier alpha value is -1.39. The second kappa shape index (κ2) is 6.58. The lowest BCUT2D eigenvalue weighted by molar-refractivity contribution is 0.661. The lowest BCUT2D eigenvalue weighted by Crippen LogP contribution is -2.18. The molecule has 114 valence electrons. The monoisotopic (exact) mass is 306 g/mol. The smallest absolute Gasteiger partial charge is 0.158 e. The van der Waals surface area contributed by atoms with E-state index < -0.39 is 0 Å². The highest BCUT2D eigenvalue weighted by Crippen LogP contribution is 2.25. The average Bonchev–Trinajstić information content (AvgIpc) is 2.68. The molecule has 0 unspecified atom stereocenters. The van der Waals surface area contributed by atoms with Gasteiger partial charge in [-0.15, -0.1) is 0 Å². The molecule has 0 aliphatic rings. The van der Waals surface area contributed by atoms with Gasteiger partial charge in [0.05, 0.1) is 16.4 Å². The molecule has 4 nitrogen and oxygen atoms in total. The second-order valence-electron chi connectivity index (χ2n) is 5.46. The molecule has 2 aromatic rings. The summed E-state index contributed by atoms with van der Waals surface area (Å²) in [4.78, 5) is 4.70. The van der Waals surface area contributed by atoms with Crippen molar-refractivity contribution in [3.05, 3.63) is 39.3 Å². The van der Waals surface area contributed by atoms with Crippen molar-refractivity contribution in [3.63, 3.8) is 0 Å². The minimum Gasteiger partial charge on any atom is -0.313 e. The van der Waals surface area contributed by atoms with Crippen LogP contribution in [0.3, 0.4) is 0 Å². The van der Waals surface area contributed by atoms with E-state index in [0.29, 0.717) is 5.02 Å². The molecule has 0 amide bonds. The van der Waals surface area contributed by atoms with Crippen molar-refractivity contribution in [2.75, 3.05) is 6.54 Å². The fourth-order valence-corrected chi connectivity index (χ4v) is 2.58. The van der Waals surface area contributed by atoms with Gasteiger partial charge in [-0.1, -0.05) is 18.5 Å². The lowest BCUT2D eigenvalue weighted by atomic mass is 10.1. The molecular formula is C16H23ClN4. The van der Waals surface area contributed by atoms with Gasteiger partial charge in [0, 0.05) is 17.8 Å². The largest absolute Gasteiger partial charge is 0.313 e. The molecule has 2 aromatic heterocycles. The summed E-state index contributed by atoms with van der Waals surface area (Å²) in [6.07, 6.45) is 1.11. The molecule has 0 spiro atoms. The fraction of sp³-hybridized carbons (Fsp3) is 0.500. The first-order chi connectivity index (χ1) is 9.95. The number of aryl methyl sites for hydroxylation is 3. The van der Waals surface area contributed by atoms with Gasteiger partial charge in [-0.3, -0.25) is 0 Å². The van der Waals surface area contributed by atoms with E-state index in [9.17, 15) is 0 Å². The first-order valence-electron chi connectivity index (χ1n) is 7.35. The lowest BCUT2D eigenvalue weighted by Gasteiger charge is -2.15. The SMILES string of the molecule is CCCNCc1c(C)cc(C)nc1-n1nc(C)c(Cl)c1C. The van der Waals surface area contributed by atoms with Crippen molar-refractivity contribution in [2.45, 2.75) is 47.6 Å². The summed E-state index contributed by atoms with van der Waals surface area (Å²) in [6, 6.07) is 2.11. The minimum absolute atomic E-state index is 0.712. The maximum Gasteiger partial charge on any atom is 0.158 e. The van der Waals surface area contributed by atoms with Gasteiger partial charge in [0.1, 0.15) is 0 Å². The van der Waals surface area contributed by atoms with E-state index in [1.165, 1.54) is 11.1 Å². The number of aromatic nitrogens is 3. The van der Waals surface area contributed by atoms with Gasteiger partial charge in [-0.05, 0) is 52.3 Å². The van der Waals surface area contributed by atoms with E-state index in [1.54, 1.807) is 0 Å². The zero-order chi connectivity index (χ0) is 15.6. The zero-order valence-electron chi connectivity index (χ0n) is 13.4. The van der Waals surface area contributed by atoms with Gasteiger partial charge in [0.25, 0.3) is 0 Å². The minimum atomic E-state index is 0.712. The van der Waals surface area contributed by atoms with Crippen LogP contribution in [0.2, 0.25) is 5.02 Å². The van der Waals surface area contributed by atoms with Gasteiger partial charge in [0.15, 0.2) is 5.82 Å². The third-order valence-electron chi connectivity index (χ3n) is 3.59. The van der Waals surface area contributed by atoms with Crippen molar-refractivity contribution < 1.29 is 0 Å². The summed E-state index contributed by atoms with van der Waals surface area (Å²) >= 11 is 6.28. The normalized spacial score (nSPS) is 11.1. The quantitative estimate of drug-likeness (QED) is 0.857. The van der Waals surface area contributed by atoms with Crippen molar-refractivity contribution in [1.29, 1.82) is 0 Å². The predicted octanol–water partition coefficient (Wildman–Crippen LogP) is 3.65. The number of nitrogens with zero attached hydrogens (tertiary/aromatic N) is 3. The third kappa shape index (κ3) is 3.27. The van der Waals surface area contributed by atoms with Crippen LogP contribution >= 0.6 is 11.6 Å². The van der Waals surface area contributed by atoms with Gasteiger partial charge in [0.2, 0.25) is 0 Å². The number of nitrogens with one attached hydrogen (secondary N) is 1. The summed E-state index contributed by atoms with van der Waals surface area (Å²) in [5.74, 6) is 0.878. The van der Waals surface area contributed by atoms with Crippen molar-refractivity contribution in [3.8, 4) is 5.82 Å². The van der Waals surface area contributed by atoms with Crippen LogP contribution < -0.4 is 5.32 Å². The highest BCUT2D eigenvalue weighted by molar-refractivity contribution is 6.31. The van der Waals surface area contributed by atoms with Crippen LogP contribution in [0.25, 0.3) is 5.82 Å². The molecule has 0 aromatic carbocycles. The molecule has 0 saturated heterocycles. The Bertz CT molecular complexity index is 646. The maximum absolute atomic E-state index is 6.28. The molecular weight excluding hydrogens is 284 g/mol. The second-order valence-corrected chi connectivity index (χ2v) is 5.83. The van der Waals surface area contributed by atoms with Crippen molar-refractivity contribution in [2.24, 2.45) is 0 Å². The van der Waals surface area contributed by atoms with Crippen LogP contribution in [0.1, 0.15) is 41.6 Å². The number of rotatable bonds is 5. The van der Waals surface area contributed by atoms with E-state index in [1.807, 2.05) is 25.5 Å². The molecule has 0 saturated carbocycles. The van der Waals surface area contributed by atoms with E-state index >= 15 is 0 Å². The van der Waals surface area contributed by atoms with Crippen LogP contribution in [0, 0.1) is 27.7 Å². The van der Waals surface area contributed by atoms with Crippen LogP contribution in [0.4, 0.5) is 0 Å². The molecule has 2 rings (SSSR count). The summed E-state index contributed by atoms with van der Waals surface area (Å²) in [5, 5.41) is 8.71. The topological polar surface area (TPSA) is 42.7 Å². The molecule has 0 aliphatic heterocycles. The Morgan fingerprint density at radius 2 is 1.95 bits per heavy atom. The molecule has 0 aliphatic carbocycles. The highest BCUT2D eigenvalue weighted by Gasteiger charge is 2.16. The summed E-state index contributed by atoms with van der Waals surface area (Å²) in [5.41, 5.74) is 5.16. The van der Waals surface area contributed by atoms with E-state index in [2.05, 4.69) is 30.3 Å². The van der Waals surface area contributed by atoms with Crippen LogP contribution in [0.5, 0.6) is 0 Å². The molecule has 0 fully saturated rings. The Morgan fingerprint density at radius 1 is 1.24 bits per heavy atom. The number of hydrogen-bond acceptors (Lipinski definition) is 3. The number of halogens is 1. The third-order valence-corrected chi connectivity index (χ3v) is 4.13. The molecule has 0 atom stereocenters. The van der Waals surface area contributed by atoms with E-state index in [-0.39, 0.29) is 0 Å². The summed E-state index contributed by atoms with van der Waals surface area (Å²) in [7, 11) is 0. The molecule has 0 bridgehead atoms. The first kappa shape index (κ1) is 16.0. The molecule has 2 heterocycles. The van der Waals surface area contributed by atoms with E-state index in [0.717, 1.165) is 42.4 Å². The average molecular weight is 307 g/mol. The van der Waals surface area contributed by atoms with E-state index in [4.69, 9.17) is 16.6 Å². The standard InChI is InChI=1S/C16H23ClN4/c1-6-7-18-9-14-10(2)8-11(3)19-16(14)21-13(5)15(17)12(4)20-21/h8,18H,6-7,9H2,1-5H3. The Morgan fingerprint density at radius 3 is 2.52 bits per heavy atom. The van der Waals surface area contributed by atoms with Gasteiger partial charge < -0.3 is 5.32 Å². The predicted molar refractivity (Wildman–Crippen MR) is 87.3 cm³/mol. The zero-order valence-corrected chi connectivity index (χ0v) is 14.2. The molecule has 1 N–H and O–H groups in total. The highest BCUT2D eigenvalue weighted by atomic mass is 35.5. The van der Waals surface area contributed by atoms with Crippen LogP contribution in [-0.4, -0.2) is 21.3 Å². The number of pyridine rings is 1. The molecule has 21 heavy (non-hydrogen) atoms.